The van der Waals surface area contributed by atoms with Crippen LogP contribution in [0.3, 0.4) is 0 Å². The maximum Gasteiger partial charge on any atom is 0.227 e. The Kier molecular flexibility index (Phi) is 5.25. The van der Waals surface area contributed by atoms with Gasteiger partial charge in [-0.3, -0.25) is 9.59 Å². The van der Waals surface area contributed by atoms with Crippen molar-refractivity contribution in [3.8, 4) is 5.69 Å². The number of amides is 2. The number of carbonyl (C=O) groups is 2. The Morgan fingerprint density at radius 1 is 1.19 bits per heavy atom. The summed E-state index contributed by atoms with van der Waals surface area (Å²) in [4.78, 5) is 31.1. The number of fused-ring (bicyclic) bond motifs is 1. The number of hydrogen-bond acceptors (Lipinski definition) is 3. The van der Waals surface area contributed by atoms with Gasteiger partial charge in [0, 0.05) is 37.6 Å². The highest BCUT2D eigenvalue weighted by Gasteiger charge is 2.35. The second-order valence-corrected chi connectivity index (χ2v) is 8.56. The van der Waals surface area contributed by atoms with Crippen LogP contribution < -0.4 is 10.2 Å². The molecule has 164 valence electrons. The summed E-state index contributed by atoms with van der Waals surface area (Å²) in [6.45, 7) is 2.39. The van der Waals surface area contributed by atoms with Gasteiger partial charge in [-0.25, -0.2) is 9.37 Å². The number of nitrogens with one attached hydrogen (secondary N) is 1. The highest BCUT2D eigenvalue weighted by molar-refractivity contribution is 6.00. The zero-order valence-corrected chi connectivity index (χ0v) is 18.0. The fraction of sp³-hybridized carbons (Fsp3) is 0.320. The molecule has 0 spiro atoms. The third-order valence-corrected chi connectivity index (χ3v) is 6.45. The number of carbonyl (C=O) groups excluding carboxylic acids is 2. The van der Waals surface area contributed by atoms with Gasteiger partial charge in [0.05, 0.1) is 11.6 Å². The molecule has 32 heavy (non-hydrogen) atoms. The number of nitrogens with zero attached hydrogens (tertiary/aromatic N) is 3. The van der Waals surface area contributed by atoms with Crippen molar-refractivity contribution in [3.05, 3.63) is 77.1 Å². The molecule has 2 heterocycles. The van der Waals surface area contributed by atoms with Gasteiger partial charge in [0.1, 0.15) is 11.6 Å². The van der Waals surface area contributed by atoms with E-state index in [0.717, 1.165) is 24.9 Å². The van der Waals surface area contributed by atoms with E-state index < -0.39 is 5.92 Å². The normalized spacial score (nSPS) is 17.6. The average Bonchev–Trinajstić information content (AvgIpc) is 3.51. The van der Waals surface area contributed by atoms with E-state index in [9.17, 15) is 14.0 Å². The summed E-state index contributed by atoms with van der Waals surface area (Å²) in [6, 6.07) is 11.1. The van der Waals surface area contributed by atoms with Gasteiger partial charge in [0.2, 0.25) is 11.8 Å². The number of hydrogen-bond donors (Lipinski definition) is 1. The van der Waals surface area contributed by atoms with Crippen LogP contribution in [0.15, 0.2) is 48.8 Å². The second-order valence-electron chi connectivity index (χ2n) is 8.56. The van der Waals surface area contributed by atoms with Gasteiger partial charge in [-0.2, -0.15) is 0 Å². The molecule has 1 fully saturated rings. The Labute approximate surface area is 186 Å². The maximum absolute atomic E-state index is 14.6. The largest absolute Gasteiger partial charge is 0.352 e. The number of imidazole rings is 1. The van der Waals surface area contributed by atoms with Crippen molar-refractivity contribution in [3.63, 3.8) is 0 Å². The summed E-state index contributed by atoms with van der Waals surface area (Å²) in [5.41, 5.74) is 4.62. The fourth-order valence-electron chi connectivity index (χ4n) is 4.68. The Morgan fingerprint density at radius 3 is 2.81 bits per heavy atom. The van der Waals surface area contributed by atoms with Crippen molar-refractivity contribution in [2.75, 3.05) is 11.4 Å². The van der Waals surface area contributed by atoms with Crippen LogP contribution in [0.25, 0.3) is 5.69 Å². The Hall–Kier alpha value is -3.48. The molecule has 5 rings (SSSR count). The Bertz CT molecular complexity index is 1200. The van der Waals surface area contributed by atoms with Crippen LogP contribution >= 0.6 is 0 Å². The third-order valence-electron chi connectivity index (χ3n) is 6.45. The highest BCUT2D eigenvalue weighted by Crippen LogP contribution is 2.30. The summed E-state index contributed by atoms with van der Waals surface area (Å²) in [6.07, 6.45) is 6.82. The van der Waals surface area contributed by atoms with E-state index in [-0.39, 0.29) is 30.6 Å². The number of aryl methyl sites for hydroxylation is 3. The molecule has 1 aromatic heterocycles. The van der Waals surface area contributed by atoms with Gasteiger partial charge >= 0.3 is 0 Å². The third kappa shape index (κ3) is 3.79. The zero-order chi connectivity index (χ0) is 22.2. The van der Waals surface area contributed by atoms with Crippen molar-refractivity contribution in [1.82, 2.24) is 14.9 Å². The summed E-state index contributed by atoms with van der Waals surface area (Å²) in [7, 11) is 0. The van der Waals surface area contributed by atoms with E-state index in [1.807, 2.05) is 13.0 Å². The number of aromatic nitrogens is 2. The van der Waals surface area contributed by atoms with E-state index in [0.29, 0.717) is 23.6 Å². The highest BCUT2D eigenvalue weighted by atomic mass is 19.1. The predicted molar refractivity (Wildman–Crippen MR) is 119 cm³/mol. The van der Waals surface area contributed by atoms with Crippen LogP contribution in [-0.4, -0.2) is 27.9 Å². The van der Waals surface area contributed by atoms with Gasteiger partial charge in [0.25, 0.3) is 0 Å². The van der Waals surface area contributed by atoms with Crippen LogP contribution in [0.2, 0.25) is 0 Å². The Balaban J connectivity index is 1.22. The lowest BCUT2D eigenvalue weighted by Gasteiger charge is -2.18. The van der Waals surface area contributed by atoms with Crippen molar-refractivity contribution in [2.24, 2.45) is 5.92 Å². The molecular weight excluding hydrogens is 407 g/mol. The molecule has 0 radical (unpaired) electrons. The summed E-state index contributed by atoms with van der Waals surface area (Å²) in [5, 5.41) is 2.86. The van der Waals surface area contributed by atoms with Gasteiger partial charge in [-0.05, 0) is 67.1 Å². The van der Waals surface area contributed by atoms with Crippen LogP contribution in [0, 0.1) is 18.7 Å². The topological polar surface area (TPSA) is 67.2 Å². The second kappa shape index (κ2) is 8.22. The molecule has 1 aliphatic carbocycles. The van der Waals surface area contributed by atoms with Crippen molar-refractivity contribution in [2.45, 2.75) is 39.2 Å². The molecular formula is C25H25FN4O2. The summed E-state index contributed by atoms with van der Waals surface area (Å²) < 4.78 is 16.3. The molecule has 2 aliphatic rings. The lowest BCUT2D eigenvalue weighted by molar-refractivity contribution is -0.126. The van der Waals surface area contributed by atoms with Crippen LogP contribution in [-0.2, 0) is 29.0 Å². The first kappa shape index (κ1) is 20.4. The van der Waals surface area contributed by atoms with Crippen LogP contribution in [0.4, 0.5) is 10.1 Å². The van der Waals surface area contributed by atoms with Gasteiger partial charge in [0.15, 0.2) is 0 Å². The number of benzene rings is 2. The molecule has 6 nitrogen and oxygen atoms in total. The average molecular weight is 432 g/mol. The molecule has 1 saturated heterocycles. The standard InChI is InChI=1S/C25H25FN4O2/c1-16-27-9-10-29(16)23-8-5-17(11-22(23)26)14-28-25(32)20-13-24(31)30(15-20)21-7-6-18-3-2-4-19(18)12-21/h5-12,20H,2-4,13-15H2,1H3,(H,28,32). The molecule has 2 amide bonds. The summed E-state index contributed by atoms with van der Waals surface area (Å²) in [5.74, 6) is -0.305. The first-order valence-corrected chi connectivity index (χ1v) is 11.0. The minimum atomic E-state index is -0.409. The van der Waals surface area contributed by atoms with Crippen molar-refractivity contribution >= 4 is 17.5 Å². The maximum atomic E-state index is 14.6. The molecule has 7 heteroatoms. The monoisotopic (exact) mass is 432 g/mol. The van der Waals surface area contributed by atoms with Gasteiger partial charge in [-0.1, -0.05) is 12.1 Å². The minimum Gasteiger partial charge on any atom is -0.352 e. The molecule has 2 aromatic carbocycles. The quantitative estimate of drug-likeness (QED) is 0.671. The molecule has 1 atom stereocenters. The molecule has 1 N–H and O–H groups in total. The number of anilines is 1. The van der Waals surface area contributed by atoms with Crippen molar-refractivity contribution < 1.29 is 14.0 Å². The minimum absolute atomic E-state index is 0.0332. The lowest BCUT2D eigenvalue weighted by atomic mass is 10.1. The van der Waals surface area contributed by atoms with Crippen LogP contribution in [0.1, 0.15) is 35.4 Å². The molecule has 0 bridgehead atoms. The molecule has 3 aromatic rings. The van der Waals surface area contributed by atoms with Gasteiger partial charge in [-0.15, -0.1) is 0 Å². The first-order chi connectivity index (χ1) is 15.5. The zero-order valence-electron chi connectivity index (χ0n) is 18.0. The fourth-order valence-corrected chi connectivity index (χ4v) is 4.68. The molecule has 0 saturated carbocycles. The van der Waals surface area contributed by atoms with Crippen molar-refractivity contribution in [1.29, 1.82) is 0 Å². The first-order valence-electron chi connectivity index (χ1n) is 11.0. The Morgan fingerprint density at radius 2 is 2.03 bits per heavy atom. The van der Waals surface area contributed by atoms with E-state index >= 15 is 0 Å². The smallest absolute Gasteiger partial charge is 0.227 e. The van der Waals surface area contributed by atoms with E-state index in [4.69, 9.17) is 0 Å². The molecule has 1 aliphatic heterocycles. The van der Waals surface area contributed by atoms with E-state index in [1.54, 1.807) is 34.0 Å². The number of rotatable bonds is 5. The molecule has 1 unspecified atom stereocenters. The van der Waals surface area contributed by atoms with E-state index in [2.05, 4.69) is 22.4 Å². The van der Waals surface area contributed by atoms with Crippen LogP contribution in [0.5, 0.6) is 0 Å². The SMILES string of the molecule is Cc1nccn1-c1ccc(CNC(=O)C2CC(=O)N(c3ccc4c(c3)CCC4)C2)cc1F. The lowest BCUT2D eigenvalue weighted by Crippen LogP contribution is -2.32. The predicted octanol–water partition coefficient (Wildman–Crippen LogP) is 3.48. The number of halogens is 1. The van der Waals surface area contributed by atoms with Gasteiger partial charge < -0.3 is 14.8 Å². The van der Waals surface area contributed by atoms with E-state index in [1.165, 1.54) is 17.2 Å². The summed E-state index contributed by atoms with van der Waals surface area (Å²) >= 11 is 0.